The Kier molecular flexibility index (Phi) is 42.1. The molecule has 0 radical (unpaired) electrons. The molecule has 0 saturated carbocycles. The van der Waals surface area contributed by atoms with Gasteiger partial charge in [-0.2, -0.15) is 0 Å². The predicted octanol–water partition coefficient (Wildman–Crippen LogP) is -6.41. The number of hydrogen-bond donors (Lipinski definition) is 2. The van der Waals surface area contributed by atoms with Crippen LogP contribution in [0.25, 0.3) is 0 Å². The summed E-state index contributed by atoms with van der Waals surface area (Å²) in [7, 11) is -5.40. The fourth-order valence-electron chi connectivity index (χ4n) is 0.706. The molecule has 0 bridgehead atoms. The molecule has 0 aromatic heterocycles. The van der Waals surface area contributed by atoms with Crippen LogP contribution >= 0.6 is 16.5 Å². The molecule has 0 aliphatic carbocycles. The first-order valence-corrected chi connectivity index (χ1v) is 7.50. The topological polar surface area (TPSA) is 139 Å². The number of aliphatic hydroxyl groups excluding tert-OH is 2. The van der Waals surface area contributed by atoms with Crippen LogP contribution in [-0.4, -0.2) is 36.6 Å². The van der Waals surface area contributed by atoms with Gasteiger partial charge in [-0.15, -0.1) is 9.05 Å². The molecule has 0 heterocycles. The van der Waals surface area contributed by atoms with Gasteiger partial charge in [0.25, 0.3) is 0 Å². The molecule has 2 atom stereocenters. The van der Waals surface area contributed by atoms with E-state index in [-0.39, 0.29) is 129 Å². The zero-order chi connectivity index (χ0) is 14.2. The Morgan fingerprint density at radius 1 is 0.750 bits per heavy atom. The average Bonchev–Trinajstić information content (AvgIpc) is 2.31. The van der Waals surface area contributed by atoms with E-state index in [4.69, 9.17) is 10.2 Å². The van der Waals surface area contributed by atoms with Gasteiger partial charge in [-0.3, -0.25) is 0 Å². The van der Waals surface area contributed by atoms with Crippen molar-refractivity contribution >= 4 is 16.5 Å². The summed E-state index contributed by atoms with van der Waals surface area (Å²) in [5.74, 6) is 0. The van der Waals surface area contributed by atoms with Crippen LogP contribution in [-0.2, 0) is 18.2 Å². The van der Waals surface area contributed by atoms with Crippen molar-refractivity contribution in [1.29, 1.82) is 0 Å². The molecule has 0 aromatic rings. The summed E-state index contributed by atoms with van der Waals surface area (Å²) in [6, 6.07) is 0. The van der Waals surface area contributed by atoms with Crippen molar-refractivity contribution in [1.82, 2.24) is 0 Å². The summed E-state index contributed by atoms with van der Waals surface area (Å²) >= 11 is 0. The van der Waals surface area contributed by atoms with Crippen LogP contribution in [0, 0.1) is 0 Å². The minimum absolute atomic E-state index is 0. The number of rotatable bonds is 10. The van der Waals surface area contributed by atoms with Gasteiger partial charge in [-0.1, -0.05) is 0 Å². The van der Waals surface area contributed by atoms with Crippen LogP contribution in [0.4, 0.5) is 0 Å². The molecule has 108 valence electrons. The number of unbranched alkanes of at least 4 members (excludes halogenated alkanes) is 2. The molecule has 0 rings (SSSR count). The van der Waals surface area contributed by atoms with Gasteiger partial charge < -0.3 is 20.0 Å². The van der Waals surface area contributed by atoms with Crippen LogP contribution in [0.5, 0.6) is 0 Å². The van der Waals surface area contributed by atoms with Gasteiger partial charge in [0, 0.05) is 13.2 Å². The van der Waals surface area contributed by atoms with Crippen molar-refractivity contribution in [3.8, 4) is 0 Å². The van der Waals surface area contributed by atoms with E-state index in [1.807, 2.05) is 0 Å². The van der Waals surface area contributed by atoms with Gasteiger partial charge in [0.1, 0.15) is 13.2 Å². The van der Waals surface area contributed by atoms with E-state index in [1.54, 1.807) is 0 Å². The SMILES string of the molecule is O=[P+]([O-])OCCCCO.O=[P+]([O-])OCCCCO.[K+].[K+]. The van der Waals surface area contributed by atoms with Crippen molar-refractivity contribution in [2.24, 2.45) is 0 Å². The van der Waals surface area contributed by atoms with Crippen LogP contribution in [0.2, 0.25) is 0 Å². The first kappa shape index (κ1) is 31.0. The van der Waals surface area contributed by atoms with Gasteiger partial charge in [-0.05, 0) is 34.8 Å². The summed E-state index contributed by atoms with van der Waals surface area (Å²) < 4.78 is 27.8. The van der Waals surface area contributed by atoms with E-state index in [1.165, 1.54) is 0 Å². The predicted molar refractivity (Wildman–Crippen MR) is 59.8 cm³/mol. The molecule has 0 aliphatic heterocycles. The maximum absolute atomic E-state index is 9.71. The maximum Gasteiger partial charge on any atom is 1.00 e. The van der Waals surface area contributed by atoms with Gasteiger partial charge >= 0.3 is 119 Å². The van der Waals surface area contributed by atoms with Gasteiger partial charge in [0.15, 0.2) is 0 Å². The molecule has 0 aliphatic rings. The second-order valence-electron chi connectivity index (χ2n) is 2.98. The van der Waals surface area contributed by atoms with E-state index >= 15 is 0 Å². The molecule has 12 heteroatoms. The summed E-state index contributed by atoms with van der Waals surface area (Å²) in [5, 5.41) is 16.4. The van der Waals surface area contributed by atoms with E-state index in [2.05, 4.69) is 9.05 Å². The first-order chi connectivity index (χ1) is 8.54. The minimum atomic E-state index is -2.70. The summed E-state index contributed by atoms with van der Waals surface area (Å²) in [6.45, 7) is 0.524. The standard InChI is InChI=1S/2C4H9O4P.2K/c2*5-3-1-2-4-8-9(6)7;;/h2*5H,1-4H2;;/q;;2*+1. The van der Waals surface area contributed by atoms with Crippen LogP contribution in [0.1, 0.15) is 25.7 Å². The largest absolute Gasteiger partial charge is 1.00 e. The van der Waals surface area contributed by atoms with Crippen molar-refractivity contribution in [2.45, 2.75) is 25.7 Å². The normalized spacial score (nSPS) is 10.4. The molecule has 8 nitrogen and oxygen atoms in total. The van der Waals surface area contributed by atoms with Crippen LogP contribution in [0.15, 0.2) is 0 Å². The molecule has 2 unspecified atom stereocenters. The molecule has 0 fully saturated rings. The van der Waals surface area contributed by atoms with Crippen LogP contribution < -0.4 is 113 Å². The Bertz CT molecular complexity index is 201. The summed E-state index contributed by atoms with van der Waals surface area (Å²) in [5.41, 5.74) is 0. The fraction of sp³-hybridized carbons (Fsp3) is 1.00. The van der Waals surface area contributed by atoms with E-state index < -0.39 is 16.5 Å². The molecule has 2 N–H and O–H groups in total. The Labute approximate surface area is 205 Å². The summed E-state index contributed by atoms with van der Waals surface area (Å²) in [4.78, 5) is 19.4. The smallest absolute Gasteiger partial charge is 0.566 e. The minimum Gasteiger partial charge on any atom is -0.566 e. The Morgan fingerprint density at radius 3 is 1.25 bits per heavy atom. The molecule has 20 heavy (non-hydrogen) atoms. The Morgan fingerprint density at radius 2 is 1.05 bits per heavy atom. The average molecular weight is 382 g/mol. The van der Waals surface area contributed by atoms with E-state index in [0.29, 0.717) is 25.7 Å². The second-order valence-corrected chi connectivity index (χ2v) is 4.39. The molecule has 0 spiro atoms. The van der Waals surface area contributed by atoms with Gasteiger partial charge in [-0.25, -0.2) is 0 Å². The molecule has 0 saturated heterocycles. The van der Waals surface area contributed by atoms with Crippen LogP contribution in [0.3, 0.4) is 0 Å². The van der Waals surface area contributed by atoms with Crippen molar-refractivity contribution < 1.29 is 141 Å². The first-order valence-electron chi connectivity index (χ1n) is 5.31. The van der Waals surface area contributed by atoms with Gasteiger partial charge in [0.2, 0.25) is 0 Å². The number of aliphatic hydroxyl groups is 2. The molecular weight excluding hydrogens is 364 g/mol. The van der Waals surface area contributed by atoms with E-state index in [9.17, 15) is 18.9 Å². The third kappa shape index (κ3) is 37.5. The molecule has 0 amide bonds. The van der Waals surface area contributed by atoms with E-state index in [0.717, 1.165) is 0 Å². The van der Waals surface area contributed by atoms with Crippen molar-refractivity contribution in [3.63, 3.8) is 0 Å². The molecular formula is C8H18K2O8P2+2. The van der Waals surface area contributed by atoms with Crippen molar-refractivity contribution in [3.05, 3.63) is 0 Å². The third-order valence-corrected chi connectivity index (χ3v) is 2.29. The Balaban J connectivity index is -0.000000116. The van der Waals surface area contributed by atoms with Gasteiger partial charge in [0.05, 0.1) is 0 Å². The zero-order valence-electron chi connectivity index (χ0n) is 11.9. The van der Waals surface area contributed by atoms with Crippen molar-refractivity contribution in [2.75, 3.05) is 26.4 Å². The Hall–Kier alpha value is 3.23. The zero-order valence-corrected chi connectivity index (χ0v) is 19.9. The monoisotopic (exact) mass is 382 g/mol. The third-order valence-electron chi connectivity index (χ3n) is 1.50. The quantitative estimate of drug-likeness (QED) is 0.216. The second kappa shape index (κ2) is 27.1. The molecule has 0 aromatic carbocycles. The maximum atomic E-state index is 9.71. The number of hydrogen-bond acceptors (Lipinski definition) is 8. The fourth-order valence-corrected chi connectivity index (χ4v) is 1.26. The summed E-state index contributed by atoms with van der Waals surface area (Å²) in [6.07, 6.45) is 2.34.